The summed E-state index contributed by atoms with van der Waals surface area (Å²) in [7, 11) is 0. The smallest absolute Gasteiger partial charge is 0.253 e. The average Bonchev–Trinajstić information content (AvgIpc) is 2.79. The lowest BCUT2D eigenvalue weighted by Crippen LogP contribution is -2.47. The molecular formula is C25H33N3O. The van der Waals surface area contributed by atoms with Crippen LogP contribution < -0.4 is 10.2 Å². The average molecular weight is 392 g/mol. The highest BCUT2D eigenvalue weighted by molar-refractivity contribution is 5.95. The molecule has 0 radical (unpaired) electrons. The first kappa shape index (κ1) is 20.0. The van der Waals surface area contributed by atoms with Crippen LogP contribution in [0, 0.1) is 5.92 Å². The van der Waals surface area contributed by atoms with Crippen molar-refractivity contribution in [2.75, 3.05) is 31.1 Å². The zero-order valence-corrected chi connectivity index (χ0v) is 17.9. The van der Waals surface area contributed by atoms with Crippen molar-refractivity contribution >= 4 is 11.6 Å². The van der Waals surface area contributed by atoms with Crippen LogP contribution in [0.2, 0.25) is 0 Å². The molecule has 4 heteroatoms. The van der Waals surface area contributed by atoms with Gasteiger partial charge in [0.15, 0.2) is 0 Å². The summed E-state index contributed by atoms with van der Waals surface area (Å²) >= 11 is 0. The van der Waals surface area contributed by atoms with E-state index >= 15 is 0 Å². The van der Waals surface area contributed by atoms with E-state index in [0.717, 1.165) is 31.7 Å². The van der Waals surface area contributed by atoms with Gasteiger partial charge in [-0.3, -0.25) is 4.79 Å². The molecule has 2 aliphatic heterocycles. The summed E-state index contributed by atoms with van der Waals surface area (Å²) in [5, 5.41) is 3.79. The van der Waals surface area contributed by atoms with Crippen LogP contribution in [0.1, 0.15) is 67.2 Å². The number of carbonyl (C=O) groups is 1. The molecule has 0 saturated carbocycles. The van der Waals surface area contributed by atoms with Gasteiger partial charge < -0.3 is 15.1 Å². The Balaban J connectivity index is 1.79. The Labute approximate surface area is 174 Å². The van der Waals surface area contributed by atoms with E-state index in [2.05, 4.69) is 59.6 Å². The second kappa shape index (κ2) is 8.58. The van der Waals surface area contributed by atoms with Crippen LogP contribution in [-0.2, 0) is 0 Å². The summed E-state index contributed by atoms with van der Waals surface area (Å²) in [5.74, 6) is 0.649. The third-order valence-electron chi connectivity index (χ3n) is 6.70. The van der Waals surface area contributed by atoms with Gasteiger partial charge in [-0.15, -0.1) is 0 Å². The second-order valence-corrected chi connectivity index (χ2v) is 8.13. The third kappa shape index (κ3) is 3.55. The predicted molar refractivity (Wildman–Crippen MR) is 119 cm³/mol. The van der Waals surface area contributed by atoms with E-state index < -0.39 is 0 Å². The summed E-state index contributed by atoms with van der Waals surface area (Å²) in [6.07, 6.45) is 2.41. The van der Waals surface area contributed by atoms with Gasteiger partial charge in [0.2, 0.25) is 0 Å². The largest absolute Gasteiger partial charge is 0.364 e. The fourth-order valence-corrected chi connectivity index (χ4v) is 5.31. The summed E-state index contributed by atoms with van der Waals surface area (Å²) in [6.45, 7) is 9.82. The Kier molecular flexibility index (Phi) is 5.91. The minimum Gasteiger partial charge on any atom is -0.364 e. The number of piperidine rings is 1. The summed E-state index contributed by atoms with van der Waals surface area (Å²) in [5.41, 5.74) is 4.77. The van der Waals surface area contributed by atoms with Crippen LogP contribution in [0.5, 0.6) is 0 Å². The summed E-state index contributed by atoms with van der Waals surface area (Å²) in [6, 6.07) is 18.0. The SMILES string of the molecule is CCN(CC)C(=O)c1ccc2c(c1)C1NCCCC1C(c1ccccc1)N2CC. The summed E-state index contributed by atoms with van der Waals surface area (Å²) in [4.78, 5) is 17.4. The maximum Gasteiger partial charge on any atom is 0.253 e. The molecule has 2 heterocycles. The van der Waals surface area contributed by atoms with Gasteiger partial charge in [0, 0.05) is 42.8 Å². The van der Waals surface area contributed by atoms with Gasteiger partial charge in [0.05, 0.1) is 6.04 Å². The Hall–Kier alpha value is -2.33. The van der Waals surface area contributed by atoms with Crippen molar-refractivity contribution in [1.82, 2.24) is 10.2 Å². The van der Waals surface area contributed by atoms with Crippen molar-refractivity contribution in [3.63, 3.8) is 0 Å². The van der Waals surface area contributed by atoms with E-state index in [1.165, 1.54) is 29.7 Å². The van der Waals surface area contributed by atoms with Crippen molar-refractivity contribution in [2.24, 2.45) is 5.92 Å². The Morgan fingerprint density at radius 1 is 1.10 bits per heavy atom. The Morgan fingerprint density at radius 2 is 1.86 bits per heavy atom. The first-order chi connectivity index (χ1) is 14.2. The van der Waals surface area contributed by atoms with E-state index in [9.17, 15) is 4.79 Å². The van der Waals surface area contributed by atoms with Crippen LogP contribution in [0.15, 0.2) is 48.5 Å². The molecule has 0 bridgehead atoms. The van der Waals surface area contributed by atoms with E-state index in [1.807, 2.05) is 24.8 Å². The number of nitrogens with zero attached hydrogens (tertiary/aromatic N) is 2. The number of benzene rings is 2. The lowest BCUT2D eigenvalue weighted by molar-refractivity contribution is 0.0772. The topological polar surface area (TPSA) is 35.6 Å². The molecule has 0 aliphatic carbocycles. The van der Waals surface area contributed by atoms with Gasteiger partial charge in [-0.05, 0) is 69.5 Å². The maximum atomic E-state index is 13.0. The molecule has 1 amide bonds. The van der Waals surface area contributed by atoms with Crippen molar-refractivity contribution in [1.29, 1.82) is 0 Å². The number of anilines is 1. The molecule has 3 unspecified atom stereocenters. The number of hydrogen-bond acceptors (Lipinski definition) is 3. The first-order valence-electron chi connectivity index (χ1n) is 11.2. The second-order valence-electron chi connectivity index (χ2n) is 8.13. The molecule has 2 aromatic carbocycles. The molecule has 4 nitrogen and oxygen atoms in total. The predicted octanol–water partition coefficient (Wildman–Crippen LogP) is 4.79. The fraction of sp³-hybridized carbons (Fsp3) is 0.480. The standard InChI is InChI=1S/C25H33N3O/c1-4-27(5-2)25(29)19-14-15-22-21(17-19)23-20(13-10-16-26-23)24(28(22)6-3)18-11-8-7-9-12-18/h7-9,11-12,14-15,17,20,23-24,26H,4-6,10,13,16H2,1-3H3. The van der Waals surface area contributed by atoms with Crippen molar-refractivity contribution in [3.05, 3.63) is 65.2 Å². The first-order valence-corrected chi connectivity index (χ1v) is 11.2. The van der Waals surface area contributed by atoms with Crippen LogP contribution >= 0.6 is 0 Å². The number of rotatable bonds is 5. The monoisotopic (exact) mass is 391 g/mol. The van der Waals surface area contributed by atoms with E-state index in [4.69, 9.17) is 0 Å². The van der Waals surface area contributed by atoms with E-state index in [1.54, 1.807) is 0 Å². The molecule has 0 aromatic heterocycles. The van der Waals surface area contributed by atoms with Gasteiger partial charge in [-0.2, -0.15) is 0 Å². The molecule has 29 heavy (non-hydrogen) atoms. The van der Waals surface area contributed by atoms with Gasteiger partial charge >= 0.3 is 0 Å². The Morgan fingerprint density at radius 3 is 2.55 bits per heavy atom. The van der Waals surface area contributed by atoms with Gasteiger partial charge in [0.25, 0.3) is 5.91 Å². The number of fused-ring (bicyclic) bond motifs is 3. The molecule has 1 saturated heterocycles. The minimum absolute atomic E-state index is 0.137. The zero-order valence-electron chi connectivity index (χ0n) is 17.9. The van der Waals surface area contributed by atoms with Crippen molar-refractivity contribution in [3.8, 4) is 0 Å². The van der Waals surface area contributed by atoms with Crippen molar-refractivity contribution in [2.45, 2.75) is 45.7 Å². The van der Waals surface area contributed by atoms with Crippen LogP contribution in [0.3, 0.4) is 0 Å². The molecule has 4 rings (SSSR count). The molecule has 2 aliphatic rings. The summed E-state index contributed by atoms with van der Waals surface area (Å²) < 4.78 is 0. The quantitative estimate of drug-likeness (QED) is 0.796. The fourth-order valence-electron chi connectivity index (χ4n) is 5.31. The van der Waals surface area contributed by atoms with E-state index in [0.29, 0.717) is 18.0 Å². The highest BCUT2D eigenvalue weighted by Crippen LogP contribution is 2.50. The number of nitrogens with one attached hydrogen (secondary N) is 1. The highest BCUT2D eigenvalue weighted by Gasteiger charge is 2.42. The van der Waals surface area contributed by atoms with Gasteiger partial charge in [0.1, 0.15) is 0 Å². The van der Waals surface area contributed by atoms with Crippen molar-refractivity contribution < 1.29 is 4.79 Å². The maximum absolute atomic E-state index is 13.0. The zero-order chi connectivity index (χ0) is 20.4. The molecule has 2 aromatic rings. The Bertz CT molecular complexity index is 846. The molecular weight excluding hydrogens is 358 g/mol. The van der Waals surface area contributed by atoms with Gasteiger partial charge in [-0.1, -0.05) is 30.3 Å². The molecule has 3 atom stereocenters. The van der Waals surface area contributed by atoms with Crippen LogP contribution in [0.4, 0.5) is 5.69 Å². The van der Waals surface area contributed by atoms with Gasteiger partial charge in [-0.25, -0.2) is 0 Å². The lowest BCUT2D eigenvalue weighted by Gasteiger charge is -2.50. The molecule has 0 spiro atoms. The van der Waals surface area contributed by atoms with Crippen LogP contribution in [-0.4, -0.2) is 37.0 Å². The highest BCUT2D eigenvalue weighted by atomic mass is 16.2. The number of hydrogen-bond donors (Lipinski definition) is 1. The number of amides is 1. The molecule has 154 valence electrons. The molecule has 1 N–H and O–H groups in total. The van der Waals surface area contributed by atoms with E-state index in [-0.39, 0.29) is 5.91 Å². The van der Waals surface area contributed by atoms with Crippen LogP contribution in [0.25, 0.3) is 0 Å². The minimum atomic E-state index is 0.137. The number of carbonyl (C=O) groups excluding carboxylic acids is 1. The third-order valence-corrected chi connectivity index (χ3v) is 6.70. The lowest BCUT2D eigenvalue weighted by atomic mass is 9.74. The normalized spacial score (nSPS) is 23.3. The molecule has 1 fully saturated rings.